The standard InChI is InChI=1S/C10H11N3O3/c14-6-5-11-8-3-1-7(2-4-8)9-12-10(15)16-13-9/h1-4,6,9,11,13H,5H2,(H,12,15). The molecule has 3 N–H and O–H groups in total. The highest BCUT2D eigenvalue weighted by atomic mass is 16.7. The number of aldehydes is 1. The summed E-state index contributed by atoms with van der Waals surface area (Å²) in [6.45, 7) is 0.279. The number of carbonyl (C=O) groups excluding carboxylic acids is 2. The summed E-state index contributed by atoms with van der Waals surface area (Å²) in [6, 6.07) is 7.31. The first-order valence-electron chi connectivity index (χ1n) is 4.80. The second-order valence-electron chi connectivity index (χ2n) is 3.25. The molecule has 1 aromatic carbocycles. The molecule has 0 saturated carbocycles. The average molecular weight is 221 g/mol. The smallest absolute Gasteiger partial charge is 0.378 e. The van der Waals surface area contributed by atoms with Crippen molar-refractivity contribution in [3.05, 3.63) is 29.8 Å². The lowest BCUT2D eigenvalue weighted by Crippen LogP contribution is -2.22. The molecule has 1 saturated heterocycles. The Labute approximate surface area is 91.9 Å². The van der Waals surface area contributed by atoms with Crippen LogP contribution in [-0.2, 0) is 9.63 Å². The van der Waals surface area contributed by atoms with E-state index >= 15 is 0 Å². The normalized spacial score (nSPS) is 18.8. The van der Waals surface area contributed by atoms with Gasteiger partial charge in [0.1, 0.15) is 12.5 Å². The van der Waals surface area contributed by atoms with Gasteiger partial charge in [0, 0.05) is 5.69 Å². The van der Waals surface area contributed by atoms with Crippen molar-refractivity contribution in [1.82, 2.24) is 10.8 Å². The van der Waals surface area contributed by atoms with Crippen LogP contribution in [0.4, 0.5) is 10.5 Å². The SMILES string of the molecule is O=CCNc1ccc(C2NOC(=O)N2)cc1. The van der Waals surface area contributed by atoms with Gasteiger partial charge in [-0.2, -0.15) is 0 Å². The average Bonchev–Trinajstić information content (AvgIpc) is 2.74. The van der Waals surface area contributed by atoms with Crippen molar-refractivity contribution in [2.45, 2.75) is 6.17 Å². The van der Waals surface area contributed by atoms with Crippen LogP contribution >= 0.6 is 0 Å². The molecule has 1 atom stereocenters. The number of carbonyl (C=O) groups is 2. The molecule has 6 nitrogen and oxygen atoms in total. The Hall–Kier alpha value is -2.08. The molecule has 1 amide bonds. The first-order valence-corrected chi connectivity index (χ1v) is 4.80. The van der Waals surface area contributed by atoms with Crippen molar-refractivity contribution < 1.29 is 14.4 Å². The number of amides is 1. The molecule has 84 valence electrons. The van der Waals surface area contributed by atoms with Gasteiger partial charge < -0.3 is 14.9 Å². The number of nitrogens with one attached hydrogen (secondary N) is 3. The minimum atomic E-state index is -0.492. The van der Waals surface area contributed by atoms with E-state index in [-0.39, 0.29) is 12.7 Å². The topological polar surface area (TPSA) is 79.5 Å². The van der Waals surface area contributed by atoms with Crippen LogP contribution in [0.3, 0.4) is 0 Å². The molecule has 0 bridgehead atoms. The van der Waals surface area contributed by atoms with Gasteiger partial charge in [-0.3, -0.25) is 5.32 Å². The summed E-state index contributed by atoms with van der Waals surface area (Å²) in [5.41, 5.74) is 4.27. The van der Waals surface area contributed by atoms with Crippen LogP contribution in [0.1, 0.15) is 11.7 Å². The van der Waals surface area contributed by atoms with Gasteiger partial charge in [0.2, 0.25) is 0 Å². The summed E-state index contributed by atoms with van der Waals surface area (Å²) in [7, 11) is 0. The van der Waals surface area contributed by atoms with Gasteiger partial charge in [0.15, 0.2) is 0 Å². The second-order valence-corrected chi connectivity index (χ2v) is 3.25. The quantitative estimate of drug-likeness (QED) is 0.647. The van der Waals surface area contributed by atoms with Gasteiger partial charge in [-0.25, -0.2) is 4.79 Å². The predicted octanol–water partition coefficient (Wildman–Crippen LogP) is 0.540. The molecular weight excluding hydrogens is 210 g/mol. The van der Waals surface area contributed by atoms with E-state index in [9.17, 15) is 9.59 Å². The lowest BCUT2D eigenvalue weighted by molar-refractivity contribution is -0.106. The summed E-state index contributed by atoms with van der Waals surface area (Å²) in [4.78, 5) is 25.5. The van der Waals surface area contributed by atoms with E-state index in [4.69, 9.17) is 0 Å². The fourth-order valence-corrected chi connectivity index (χ4v) is 1.39. The van der Waals surface area contributed by atoms with Crippen LogP contribution in [0.25, 0.3) is 0 Å². The van der Waals surface area contributed by atoms with Crippen molar-refractivity contribution in [2.24, 2.45) is 0 Å². The molecule has 0 aromatic heterocycles. The number of hydrogen-bond acceptors (Lipinski definition) is 5. The molecule has 1 aromatic rings. The number of anilines is 1. The second kappa shape index (κ2) is 4.63. The Morgan fingerprint density at radius 3 is 2.69 bits per heavy atom. The molecule has 0 spiro atoms. The fourth-order valence-electron chi connectivity index (χ4n) is 1.39. The lowest BCUT2D eigenvalue weighted by atomic mass is 10.1. The maximum Gasteiger partial charge on any atom is 0.427 e. The first-order chi connectivity index (χ1) is 7.79. The Bertz CT molecular complexity index is 391. The molecule has 1 aliphatic heterocycles. The summed E-state index contributed by atoms with van der Waals surface area (Å²) in [5, 5.41) is 5.50. The van der Waals surface area contributed by atoms with Crippen molar-refractivity contribution in [2.75, 3.05) is 11.9 Å². The van der Waals surface area contributed by atoms with Gasteiger partial charge >= 0.3 is 6.09 Å². The van der Waals surface area contributed by atoms with Crippen molar-refractivity contribution in [1.29, 1.82) is 0 Å². The Balaban J connectivity index is 2.01. The number of hydrogen-bond donors (Lipinski definition) is 3. The molecule has 6 heteroatoms. The third-order valence-corrected chi connectivity index (χ3v) is 2.17. The molecule has 1 unspecified atom stereocenters. The van der Waals surface area contributed by atoms with E-state index < -0.39 is 6.09 Å². The highest BCUT2D eigenvalue weighted by molar-refractivity contribution is 5.69. The highest BCUT2D eigenvalue weighted by Crippen LogP contribution is 2.16. The van der Waals surface area contributed by atoms with Crippen molar-refractivity contribution in [3.8, 4) is 0 Å². The van der Waals surface area contributed by atoms with E-state index in [0.717, 1.165) is 17.5 Å². The fraction of sp³-hybridized carbons (Fsp3) is 0.200. The Morgan fingerprint density at radius 1 is 1.38 bits per heavy atom. The minimum Gasteiger partial charge on any atom is -0.378 e. The van der Waals surface area contributed by atoms with Gasteiger partial charge in [0.05, 0.1) is 6.54 Å². The molecule has 1 fully saturated rings. The van der Waals surface area contributed by atoms with Gasteiger partial charge in [-0.15, -0.1) is 5.48 Å². The van der Waals surface area contributed by atoms with Crippen LogP contribution in [0.15, 0.2) is 24.3 Å². The number of rotatable bonds is 4. The molecule has 0 aliphatic carbocycles. The lowest BCUT2D eigenvalue weighted by Gasteiger charge is -2.09. The van der Waals surface area contributed by atoms with E-state index in [2.05, 4.69) is 21.0 Å². The summed E-state index contributed by atoms with van der Waals surface area (Å²) < 4.78 is 0. The maximum atomic E-state index is 10.8. The molecule has 16 heavy (non-hydrogen) atoms. The molecule has 0 radical (unpaired) electrons. The summed E-state index contributed by atoms with van der Waals surface area (Å²) in [5.74, 6) is 0. The van der Waals surface area contributed by atoms with E-state index in [1.807, 2.05) is 24.3 Å². The Kier molecular flexibility index (Phi) is 3.02. The third-order valence-electron chi connectivity index (χ3n) is 2.17. The van der Waals surface area contributed by atoms with Crippen LogP contribution < -0.4 is 16.1 Å². The number of benzene rings is 1. The Morgan fingerprint density at radius 2 is 2.12 bits per heavy atom. The third kappa shape index (κ3) is 2.29. The molecule has 1 aliphatic rings. The van der Waals surface area contributed by atoms with Crippen molar-refractivity contribution in [3.63, 3.8) is 0 Å². The maximum absolute atomic E-state index is 10.8. The zero-order chi connectivity index (χ0) is 11.4. The van der Waals surface area contributed by atoms with Crippen LogP contribution in [0.2, 0.25) is 0 Å². The highest BCUT2D eigenvalue weighted by Gasteiger charge is 2.22. The summed E-state index contributed by atoms with van der Waals surface area (Å²) in [6.07, 6.45) is -0.0266. The van der Waals surface area contributed by atoms with Gasteiger partial charge in [-0.1, -0.05) is 12.1 Å². The van der Waals surface area contributed by atoms with Gasteiger partial charge in [0.25, 0.3) is 0 Å². The van der Waals surface area contributed by atoms with E-state index in [1.165, 1.54) is 0 Å². The minimum absolute atomic E-state index is 0.279. The first kappa shape index (κ1) is 10.4. The molecular formula is C10H11N3O3. The zero-order valence-corrected chi connectivity index (χ0v) is 8.40. The summed E-state index contributed by atoms with van der Waals surface area (Å²) >= 11 is 0. The largest absolute Gasteiger partial charge is 0.427 e. The predicted molar refractivity (Wildman–Crippen MR) is 56.5 cm³/mol. The van der Waals surface area contributed by atoms with Crippen LogP contribution in [-0.4, -0.2) is 18.9 Å². The van der Waals surface area contributed by atoms with Gasteiger partial charge in [-0.05, 0) is 17.7 Å². The van der Waals surface area contributed by atoms with E-state index in [1.54, 1.807) is 0 Å². The van der Waals surface area contributed by atoms with E-state index in [0.29, 0.717) is 0 Å². The number of hydroxylamine groups is 1. The van der Waals surface area contributed by atoms with Crippen LogP contribution in [0.5, 0.6) is 0 Å². The van der Waals surface area contributed by atoms with Crippen molar-refractivity contribution >= 4 is 18.1 Å². The molecule has 1 heterocycles. The zero-order valence-electron chi connectivity index (χ0n) is 8.40. The molecule has 2 rings (SSSR count). The van der Waals surface area contributed by atoms with Crippen LogP contribution in [0, 0.1) is 0 Å². The monoisotopic (exact) mass is 221 g/mol.